The zero-order valence-electron chi connectivity index (χ0n) is 8.44. The molecule has 0 radical (unpaired) electrons. The summed E-state index contributed by atoms with van der Waals surface area (Å²) in [5, 5.41) is 8.23. The van der Waals surface area contributed by atoms with Crippen molar-refractivity contribution in [3.8, 4) is 0 Å². The Hall–Kier alpha value is -2.44. The van der Waals surface area contributed by atoms with Crippen molar-refractivity contribution in [2.45, 2.75) is 6.54 Å². The van der Waals surface area contributed by atoms with Gasteiger partial charge in [0.2, 0.25) is 0 Å². The van der Waals surface area contributed by atoms with E-state index in [1.165, 1.54) is 12.1 Å². The normalized spacial score (nSPS) is 10.6. The molecule has 1 aromatic carbocycles. The van der Waals surface area contributed by atoms with Gasteiger partial charge in [-0.15, -0.1) is 0 Å². The summed E-state index contributed by atoms with van der Waals surface area (Å²) in [6, 6.07) is 3.77. The number of halogens is 1. The van der Waals surface area contributed by atoms with Gasteiger partial charge in [0, 0.05) is 0 Å². The van der Waals surface area contributed by atoms with E-state index in [2.05, 4.69) is 4.98 Å². The number of H-pyrrole nitrogens is 1. The molecule has 0 bridgehead atoms. The molecule has 1 heterocycles. The smallest absolute Gasteiger partial charge is 0.329 e. The first-order valence-electron chi connectivity index (χ1n) is 4.64. The van der Waals surface area contributed by atoms with Gasteiger partial charge in [0.15, 0.2) is 0 Å². The first-order chi connectivity index (χ1) is 8.00. The largest absolute Gasteiger partial charge is 0.480 e. The predicted octanol–water partition coefficient (Wildman–Crippen LogP) is -0.0865. The Labute approximate surface area is 92.9 Å². The lowest BCUT2D eigenvalue weighted by molar-refractivity contribution is -0.137. The van der Waals surface area contributed by atoms with Gasteiger partial charge in [-0.2, -0.15) is 0 Å². The maximum Gasteiger partial charge on any atom is 0.329 e. The lowest BCUT2D eigenvalue weighted by Gasteiger charge is -2.03. The van der Waals surface area contributed by atoms with Crippen LogP contribution < -0.4 is 11.2 Å². The zero-order chi connectivity index (χ0) is 12.6. The highest BCUT2D eigenvalue weighted by Crippen LogP contribution is 2.09. The lowest BCUT2D eigenvalue weighted by atomic mass is 10.2. The van der Waals surface area contributed by atoms with E-state index < -0.39 is 29.6 Å². The maximum absolute atomic E-state index is 13.4. The Bertz CT molecular complexity index is 716. The van der Waals surface area contributed by atoms with Crippen molar-refractivity contribution in [2.75, 3.05) is 0 Å². The molecule has 0 atom stereocenters. The van der Waals surface area contributed by atoms with Gasteiger partial charge in [-0.25, -0.2) is 13.8 Å². The molecule has 0 spiro atoms. The molecule has 17 heavy (non-hydrogen) atoms. The highest BCUT2D eigenvalue weighted by Gasteiger charge is 2.12. The Balaban J connectivity index is 2.88. The molecule has 0 aliphatic heterocycles. The minimum Gasteiger partial charge on any atom is -0.480 e. The van der Waals surface area contributed by atoms with Crippen LogP contribution in [-0.2, 0) is 11.3 Å². The van der Waals surface area contributed by atoms with Gasteiger partial charge >= 0.3 is 11.7 Å². The number of benzene rings is 1. The van der Waals surface area contributed by atoms with Crippen molar-refractivity contribution in [3.05, 3.63) is 44.9 Å². The van der Waals surface area contributed by atoms with E-state index in [1.807, 2.05) is 0 Å². The number of rotatable bonds is 2. The van der Waals surface area contributed by atoms with Crippen molar-refractivity contribution in [3.63, 3.8) is 0 Å². The molecular formula is C10H7FN2O4. The fourth-order valence-corrected chi connectivity index (χ4v) is 1.53. The number of aromatic nitrogens is 2. The third kappa shape index (κ3) is 1.82. The van der Waals surface area contributed by atoms with Gasteiger partial charge in [0.05, 0.1) is 10.9 Å². The van der Waals surface area contributed by atoms with Crippen LogP contribution in [0.4, 0.5) is 4.39 Å². The molecule has 2 N–H and O–H groups in total. The summed E-state index contributed by atoms with van der Waals surface area (Å²) in [6.07, 6.45) is 0. The van der Waals surface area contributed by atoms with Crippen LogP contribution in [0.1, 0.15) is 0 Å². The minimum atomic E-state index is -1.35. The summed E-state index contributed by atoms with van der Waals surface area (Å²) >= 11 is 0. The number of nitrogens with zero attached hydrogens (tertiary/aromatic N) is 1. The second-order valence-electron chi connectivity index (χ2n) is 3.38. The highest BCUT2D eigenvalue weighted by molar-refractivity contribution is 5.78. The molecular weight excluding hydrogens is 231 g/mol. The Kier molecular flexibility index (Phi) is 2.51. The second-order valence-corrected chi connectivity index (χ2v) is 3.38. The average molecular weight is 238 g/mol. The number of fused-ring (bicyclic) bond motifs is 1. The van der Waals surface area contributed by atoms with Crippen molar-refractivity contribution < 1.29 is 14.3 Å². The molecule has 1 aromatic heterocycles. The molecule has 0 saturated carbocycles. The van der Waals surface area contributed by atoms with Crippen molar-refractivity contribution in [2.24, 2.45) is 0 Å². The second kappa shape index (κ2) is 3.85. The summed E-state index contributed by atoms with van der Waals surface area (Å²) < 4.78 is 13.9. The van der Waals surface area contributed by atoms with Gasteiger partial charge < -0.3 is 10.1 Å². The summed E-state index contributed by atoms with van der Waals surface area (Å²) in [7, 11) is 0. The number of hydrogen-bond acceptors (Lipinski definition) is 3. The van der Waals surface area contributed by atoms with Crippen LogP contribution in [0, 0.1) is 5.82 Å². The number of carboxylic acid groups (broad SMARTS) is 1. The zero-order valence-corrected chi connectivity index (χ0v) is 8.44. The van der Waals surface area contributed by atoms with Crippen LogP contribution in [0.2, 0.25) is 0 Å². The number of carboxylic acids is 1. The van der Waals surface area contributed by atoms with E-state index in [1.54, 1.807) is 0 Å². The molecule has 0 saturated heterocycles. The Morgan fingerprint density at radius 2 is 2.12 bits per heavy atom. The predicted molar refractivity (Wildman–Crippen MR) is 56.4 cm³/mol. The summed E-state index contributed by atoms with van der Waals surface area (Å²) in [6.45, 7) is -0.807. The van der Waals surface area contributed by atoms with Gasteiger partial charge in [-0.05, 0) is 12.1 Å². The maximum atomic E-state index is 13.4. The highest BCUT2D eigenvalue weighted by atomic mass is 19.1. The summed E-state index contributed by atoms with van der Waals surface area (Å²) in [4.78, 5) is 35.9. The summed E-state index contributed by atoms with van der Waals surface area (Å²) in [5.41, 5.74) is -1.79. The van der Waals surface area contributed by atoms with E-state index >= 15 is 0 Å². The van der Waals surface area contributed by atoms with E-state index in [0.717, 1.165) is 6.07 Å². The SMILES string of the molecule is O=C(O)Cn1c(=O)[nH]c2cccc(F)c2c1=O. The number of aromatic amines is 1. The molecule has 0 aliphatic carbocycles. The number of hydrogen-bond donors (Lipinski definition) is 2. The first kappa shape index (κ1) is 11.1. The van der Waals surface area contributed by atoms with Crippen molar-refractivity contribution >= 4 is 16.9 Å². The summed E-state index contributed by atoms with van der Waals surface area (Å²) in [5.74, 6) is -2.16. The third-order valence-corrected chi connectivity index (χ3v) is 2.25. The quantitative estimate of drug-likeness (QED) is 0.765. The number of aliphatic carboxylic acids is 1. The van der Waals surface area contributed by atoms with Gasteiger partial charge in [0.25, 0.3) is 5.56 Å². The van der Waals surface area contributed by atoms with Crippen LogP contribution in [0.25, 0.3) is 10.9 Å². The molecule has 0 amide bonds. The fourth-order valence-electron chi connectivity index (χ4n) is 1.53. The van der Waals surface area contributed by atoms with E-state index in [4.69, 9.17) is 5.11 Å². The molecule has 0 fully saturated rings. The Morgan fingerprint density at radius 3 is 2.76 bits per heavy atom. The van der Waals surface area contributed by atoms with E-state index in [-0.39, 0.29) is 10.9 Å². The van der Waals surface area contributed by atoms with Crippen LogP contribution in [-0.4, -0.2) is 20.6 Å². The first-order valence-corrected chi connectivity index (χ1v) is 4.64. The number of carbonyl (C=O) groups is 1. The Morgan fingerprint density at radius 1 is 1.41 bits per heavy atom. The van der Waals surface area contributed by atoms with Crippen molar-refractivity contribution in [1.82, 2.24) is 9.55 Å². The van der Waals surface area contributed by atoms with Crippen LogP contribution >= 0.6 is 0 Å². The van der Waals surface area contributed by atoms with Crippen LogP contribution in [0.5, 0.6) is 0 Å². The average Bonchev–Trinajstić information content (AvgIpc) is 2.23. The molecule has 2 aromatic rings. The van der Waals surface area contributed by atoms with Gasteiger partial charge in [-0.3, -0.25) is 9.59 Å². The molecule has 88 valence electrons. The van der Waals surface area contributed by atoms with Crippen LogP contribution in [0.15, 0.2) is 27.8 Å². The molecule has 0 aliphatic rings. The van der Waals surface area contributed by atoms with Gasteiger partial charge in [0.1, 0.15) is 12.4 Å². The standard InChI is InChI=1S/C10H7FN2O4/c11-5-2-1-3-6-8(5)9(16)13(4-7(14)15)10(17)12-6/h1-3H,4H2,(H,12,17)(H,14,15). The molecule has 0 unspecified atom stereocenters. The molecule has 2 rings (SSSR count). The topological polar surface area (TPSA) is 92.2 Å². The number of nitrogens with one attached hydrogen (secondary N) is 1. The minimum absolute atomic E-state index is 0.0432. The fraction of sp³-hybridized carbons (Fsp3) is 0.100. The van der Waals surface area contributed by atoms with Crippen molar-refractivity contribution in [1.29, 1.82) is 0 Å². The van der Waals surface area contributed by atoms with Crippen LogP contribution in [0.3, 0.4) is 0 Å². The van der Waals surface area contributed by atoms with Gasteiger partial charge in [-0.1, -0.05) is 6.07 Å². The van der Waals surface area contributed by atoms with E-state index in [0.29, 0.717) is 4.57 Å². The molecule has 6 nitrogen and oxygen atoms in total. The van der Waals surface area contributed by atoms with E-state index in [9.17, 15) is 18.8 Å². The molecule has 7 heteroatoms. The lowest BCUT2D eigenvalue weighted by Crippen LogP contribution is -2.37. The third-order valence-electron chi connectivity index (χ3n) is 2.25. The monoisotopic (exact) mass is 238 g/mol.